The number of aliphatic hydroxyl groups excluding tert-OH is 4. The molecule has 5 N–H and O–H groups in total. The molecule has 0 saturated carbocycles. The summed E-state index contributed by atoms with van der Waals surface area (Å²) in [6.45, 7) is 3.98. The van der Waals surface area contributed by atoms with E-state index in [1.54, 1.807) is 6.08 Å². The van der Waals surface area contributed by atoms with Crippen molar-refractivity contribution in [2.24, 2.45) is 0 Å². The zero-order valence-electron chi connectivity index (χ0n) is 35.9. The second kappa shape index (κ2) is 43.1. The Hall–Kier alpha value is -1.99. The van der Waals surface area contributed by atoms with Gasteiger partial charge in [0.25, 0.3) is 0 Å². The van der Waals surface area contributed by atoms with Crippen LogP contribution in [0.25, 0.3) is 0 Å². The molecular weight excluding hydrogens is 683 g/mol. The molecule has 0 heterocycles. The maximum Gasteiger partial charge on any atom is 0.249 e. The first kappa shape index (κ1) is 53.0. The molecular formula is C49H89NO5. The van der Waals surface area contributed by atoms with Gasteiger partial charge in [0.1, 0.15) is 12.2 Å². The molecule has 0 aliphatic rings. The fourth-order valence-corrected chi connectivity index (χ4v) is 6.71. The minimum absolute atomic E-state index is 0.146. The maximum absolute atomic E-state index is 12.4. The average molecular weight is 772 g/mol. The van der Waals surface area contributed by atoms with Crippen molar-refractivity contribution in [3.63, 3.8) is 0 Å². The van der Waals surface area contributed by atoms with Gasteiger partial charge in [-0.1, -0.05) is 190 Å². The Kier molecular flexibility index (Phi) is 41.6. The van der Waals surface area contributed by atoms with Gasteiger partial charge in [-0.15, -0.1) is 0 Å². The molecule has 0 saturated heterocycles. The number of hydrogen-bond donors (Lipinski definition) is 5. The van der Waals surface area contributed by atoms with Gasteiger partial charge in [-0.05, 0) is 77.0 Å². The van der Waals surface area contributed by atoms with Crippen LogP contribution in [0.4, 0.5) is 0 Å². The fraction of sp³-hybridized carbons (Fsp3) is 0.776. The lowest BCUT2D eigenvalue weighted by molar-refractivity contribution is -0.132. The SMILES string of the molecule is CCCCCCCC/C=C\C/C=C\CC(O)C(=O)NC(CO)C(O)C(O)CCC/C=C/CC/C=C/CC/C=C/CCCCCCCCCCCCCCCC. The predicted molar refractivity (Wildman–Crippen MR) is 237 cm³/mol. The molecule has 320 valence electrons. The van der Waals surface area contributed by atoms with Gasteiger partial charge in [0.2, 0.25) is 5.91 Å². The Morgan fingerprint density at radius 2 is 0.836 bits per heavy atom. The molecule has 1 amide bonds. The van der Waals surface area contributed by atoms with Crippen molar-refractivity contribution in [2.45, 2.75) is 237 Å². The van der Waals surface area contributed by atoms with Crippen LogP contribution in [0.2, 0.25) is 0 Å². The van der Waals surface area contributed by atoms with Crippen LogP contribution in [0.1, 0.15) is 213 Å². The molecule has 0 rings (SSSR count). The highest BCUT2D eigenvalue weighted by Crippen LogP contribution is 2.14. The summed E-state index contributed by atoms with van der Waals surface area (Å²) in [5.41, 5.74) is 0. The molecule has 0 radical (unpaired) electrons. The highest BCUT2D eigenvalue weighted by Gasteiger charge is 2.28. The Bertz CT molecular complexity index is 957. The van der Waals surface area contributed by atoms with Gasteiger partial charge in [-0.3, -0.25) is 4.79 Å². The van der Waals surface area contributed by atoms with E-state index in [4.69, 9.17) is 0 Å². The van der Waals surface area contributed by atoms with Crippen LogP contribution in [0.3, 0.4) is 0 Å². The van der Waals surface area contributed by atoms with E-state index in [0.29, 0.717) is 12.8 Å². The number of allylic oxidation sites excluding steroid dienone is 9. The minimum Gasteiger partial charge on any atom is -0.394 e. The first-order valence-electron chi connectivity index (χ1n) is 23.2. The summed E-state index contributed by atoms with van der Waals surface area (Å²) < 4.78 is 0. The average Bonchev–Trinajstić information content (AvgIpc) is 3.19. The molecule has 0 aliphatic heterocycles. The first-order valence-corrected chi connectivity index (χ1v) is 23.2. The smallest absolute Gasteiger partial charge is 0.249 e. The highest BCUT2D eigenvalue weighted by atomic mass is 16.3. The third-order valence-electron chi connectivity index (χ3n) is 10.4. The predicted octanol–water partition coefficient (Wildman–Crippen LogP) is 12.5. The Balaban J connectivity index is 3.82. The van der Waals surface area contributed by atoms with Gasteiger partial charge in [0.15, 0.2) is 0 Å². The number of rotatable bonds is 41. The summed E-state index contributed by atoms with van der Waals surface area (Å²) in [6, 6.07) is -1.04. The standard InChI is InChI=1S/C49H89NO5/c1-3-5-7-9-11-13-15-17-18-19-20-21-22-23-24-25-26-27-28-29-30-31-33-34-36-38-40-42-46(52)48(54)45(44-51)50-49(55)47(53)43-41-39-37-35-32-16-14-12-10-8-6-4-2/h25-26,29-30,32,34-36,39,41,45-48,51-54H,3-24,27-28,31,33,37-38,40,42-44H2,1-2H3,(H,50,55)/b26-25+,30-29+,35-32-,36-34+,41-39-. The first-order chi connectivity index (χ1) is 27.0. The Morgan fingerprint density at radius 3 is 1.27 bits per heavy atom. The fourth-order valence-electron chi connectivity index (χ4n) is 6.71. The third-order valence-corrected chi connectivity index (χ3v) is 10.4. The molecule has 4 atom stereocenters. The van der Waals surface area contributed by atoms with Crippen LogP contribution in [0.5, 0.6) is 0 Å². The van der Waals surface area contributed by atoms with Gasteiger partial charge in [0.05, 0.1) is 18.8 Å². The van der Waals surface area contributed by atoms with E-state index in [-0.39, 0.29) is 6.42 Å². The highest BCUT2D eigenvalue weighted by molar-refractivity contribution is 5.81. The molecule has 0 fully saturated rings. The Morgan fingerprint density at radius 1 is 0.473 bits per heavy atom. The monoisotopic (exact) mass is 772 g/mol. The number of amides is 1. The molecule has 0 aliphatic carbocycles. The van der Waals surface area contributed by atoms with E-state index in [2.05, 4.69) is 67.8 Å². The van der Waals surface area contributed by atoms with Crippen LogP contribution >= 0.6 is 0 Å². The number of hydrogen-bond acceptors (Lipinski definition) is 5. The van der Waals surface area contributed by atoms with E-state index >= 15 is 0 Å². The van der Waals surface area contributed by atoms with E-state index in [1.807, 2.05) is 6.08 Å². The molecule has 6 heteroatoms. The van der Waals surface area contributed by atoms with E-state index in [9.17, 15) is 25.2 Å². The molecule has 0 aromatic heterocycles. The summed E-state index contributed by atoms with van der Waals surface area (Å²) >= 11 is 0. The van der Waals surface area contributed by atoms with Crippen molar-refractivity contribution in [1.29, 1.82) is 0 Å². The van der Waals surface area contributed by atoms with E-state index < -0.39 is 36.9 Å². The number of aliphatic hydroxyl groups is 4. The molecule has 0 aromatic rings. The molecule has 55 heavy (non-hydrogen) atoms. The van der Waals surface area contributed by atoms with Gasteiger partial charge < -0.3 is 25.7 Å². The Labute approximate surface area is 340 Å². The number of carbonyl (C=O) groups is 1. The normalized spacial score (nSPS) is 14.7. The molecule has 0 bridgehead atoms. The zero-order chi connectivity index (χ0) is 40.3. The summed E-state index contributed by atoms with van der Waals surface area (Å²) in [7, 11) is 0. The van der Waals surface area contributed by atoms with Gasteiger partial charge in [-0.25, -0.2) is 0 Å². The lowest BCUT2D eigenvalue weighted by Crippen LogP contribution is -2.52. The lowest BCUT2D eigenvalue weighted by atomic mass is 10.0. The van der Waals surface area contributed by atoms with E-state index in [0.717, 1.165) is 44.9 Å². The van der Waals surface area contributed by atoms with Crippen LogP contribution in [0, 0.1) is 0 Å². The quantitative estimate of drug-likeness (QED) is 0.0314. The van der Waals surface area contributed by atoms with Crippen molar-refractivity contribution in [3.05, 3.63) is 60.8 Å². The van der Waals surface area contributed by atoms with Crippen LogP contribution in [-0.4, -0.2) is 57.3 Å². The molecule has 0 spiro atoms. The summed E-state index contributed by atoms with van der Waals surface area (Å²) in [5.74, 6) is -0.669. The molecule has 4 unspecified atom stereocenters. The molecule has 6 nitrogen and oxygen atoms in total. The topological polar surface area (TPSA) is 110 Å². The number of nitrogens with one attached hydrogen (secondary N) is 1. The van der Waals surface area contributed by atoms with E-state index in [1.165, 1.54) is 135 Å². The number of carbonyl (C=O) groups excluding carboxylic acids is 1. The third kappa shape index (κ3) is 37.4. The molecule has 0 aromatic carbocycles. The van der Waals surface area contributed by atoms with Gasteiger partial charge in [-0.2, -0.15) is 0 Å². The summed E-state index contributed by atoms with van der Waals surface area (Å²) in [6.07, 6.45) is 54.3. The van der Waals surface area contributed by atoms with Crippen LogP contribution < -0.4 is 5.32 Å². The second-order valence-electron chi connectivity index (χ2n) is 15.7. The van der Waals surface area contributed by atoms with Crippen molar-refractivity contribution >= 4 is 5.91 Å². The van der Waals surface area contributed by atoms with Crippen molar-refractivity contribution < 1.29 is 25.2 Å². The maximum atomic E-state index is 12.4. The van der Waals surface area contributed by atoms with Crippen molar-refractivity contribution in [2.75, 3.05) is 6.61 Å². The number of unbranched alkanes of at least 4 members (excludes halogenated alkanes) is 23. The largest absolute Gasteiger partial charge is 0.394 e. The lowest BCUT2D eigenvalue weighted by Gasteiger charge is -2.27. The van der Waals surface area contributed by atoms with Gasteiger partial charge in [0, 0.05) is 6.42 Å². The second-order valence-corrected chi connectivity index (χ2v) is 15.7. The van der Waals surface area contributed by atoms with Gasteiger partial charge >= 0.3 is 0 Å². The van der Waals surface area contributed by atoms with Crippen molar-refractivity contribution in [1.82, 2.24) is 5.32 Å². The van der Waals surface area contributed by atoms with Crippen molar-refractivity contribution in [3.8, 4) is 0 Å². The summed E-state index contributed by atoms with van der Waals surface area (Å²) in [5, 5.41) is 43.5. The minimum atomic E-state index is -1.32. The summed E-state index contributed by atoms with van der Waals surface area (Å²) in [4.78, 5) is 12.4. The van der Waals surface area contributed by atoms with Crippen LogP contribution in [-0.2, 0) is 4.79 Å². The zero-order valence-corrected chi connectivity index (χ0v) is 35.9. The van der Waals surface area contributed by atoms with Crippen LogP contribution in [0.15, 0.2) is 60.8 Å².